The fraction of sp³-hybridized carbons (Fsp3) is 0.485. The Morgan fingerprint density at radius 1 is 0.786 bits per heavy atom. The quantitative estimate of drug-likeness (QED) is 0.250. The van der Waals surface area contributed by atoms with Crippen LogP contribution >= 0.6 is 0 Å². The van der Waals surface area contributed by atoms with E-state index in [0.29, 0.717) is 26.4 Å². The molecule has 3 heterocycles. The van der Waals surface area contributed by atoms with Gasteiger partial charge >= 0.3 is 0 Å². The Bertz CT molecular complexity index is 1220. The minimum Gasteiger partial charge on any atom is -0.497 e. The van der Waals surface area contributed by atoms with Gasteiger partial charge in [-0.1, -0.05) is 24.3 Å². The molecule has 0 atom stereocenters. The van der Waals surface area contributed by atoms with Crippen LogP contribution in [0.25, 0.3) is 0 Å². The summed E-state index contributed by atoms with van der Waals surface area (Å²) >= 11 is 0. The monoisotopic (exact) mass is 576 g/mol. The van der Waals surface area contributed by atoms with Crippen molar-refractivity contribution in [2.45, 2.75) is 19.7 Å². The van der Waals surface area contributed by atoms with E-state index in [1.807, 2.05) is 18.3 Å². The average Bonchev–Trinajstić information content (AvgIpc) is 3.05. The predicted octanol–water partition coefficient (Wildman–Crippen LogP) is 4.00. The van der Waals surface area contributed by atoms with Crippen molar-refractivity contribution >= 4 is 11.4 Å². The van der Waals surface area contributed by atoms with Crippen LogP contribution in [0.5, 0.6) is 5.75 Å². The molecule has 42 heavy (non-hydrogen) atoms. The summed E-state index contributed by atoms with van der Waals surface area (Å²) in [6.45, 7) is 11.7. The van der Waals surface area contributed by atoms with E-state index in [2.05, 4.69) is 68.2 Å². The normalized spacial score (nSPS) is 16.0. The molecule has 2 aliphatic rings. The van der Waals surface area contributed by atoms with Crippen molar-refractivity contribution in [3.63, 3.8) is 0 Å². The van der Waals surface area contributed by atoms with E-state index in [1.54, 1.807) is 7.11 Å². The molecule has 0 N–H and O–H groups in total. The number of rotatable bonds is 15. The Balaban J connectivity index is 1.20. The number of anilines is 2. The third-order valence-corrected chi connectivity index (χ3v) is 7.61. The largest absolute Gasteiger partial charge is 0.497 e. The third-order valence-electron chi connectivity index (χ3n) is 7.61. The van der Waals surface area contributed by atoms with Crippen LogP contribution in [0.3, 0.4) is 0 Å². The van der Waals surface area contributed by atoms with Crippen LogP contribution < -0.4 is 14.5 Å². The molecule has 0 aliphatic carbocycles. The second kappa shape index (κ2) is 16.4. The van der Waals surface area contributed by atoms with E-state index in [-0.39, 0.29) is 0 Å². The lowest BCUT2D eigenvalue weighted by Gasteiger charge is -2.30. The summed E-state index contributed by atoms with van der Waals surface area (Å²) < 4.78 is 28.2. The van der Waals surface area contributed by atoms with Crippen LogP contribution in [0.4, 0.5) is 11.4 Å². The second-order valence-corrected chi connectivity index (χ2v) is 10.6. The van der Waals surface area contributed by atoms with Crippen LogP contribution in [-0.4, -0.2) is 96.0 Å². The summed E-state index contributed by atoms with van der Waals surface area (Å²) in [5.74, 6) is 0.859. The first-order valence-electron chi connectivity index (χ1n) is 15.0. The molecule has 3 aromatic rings. The van der Waals surface area contributed by atoms with Crippen molar-refractivity contribution in [3.8, 4) is 5.75 Å². The Morgan fingerprint density at radius 2 is 1.50 bits per heavy atom. The Labute approximate surface area is 249 Å². The Hall–Kier alpha value is -3.21. The second-order valence-electron chi connectivity index (χ2n) is 10.6. The van der Waals surface area contributed by atoms with Gasteiger partial charge in [0.25, 0.3) is 0 Å². The molecular weight excluding hydrogens is 532 g/mol. The number of morpholine rings is 2. The van der Waals surface area contributed by atoms with Crippen LogP contribution in [0.2, 0.25) is 0 Å². The van der Waals surface area contributed by atoms with Gasteiger partial charge in [-0.15, -0.1) is 0 Å². The number of hydrogen-bond acceptors (Lipinski definition) is 9. The highest BCUT2D eigenvalue weighted by Crippen LogP contribution is 2.25. The Morgan fingerprint density at radius 3 is 2.29 bits per heavy atom. The number of hydrogen-bond donors (Lipinski definition) is 0. The van der Waals surface area contributed by atoms with Crippen LogP contribution in [-0.2, 0) is 38.6 Å². The fourth-order valence-electron chi connectivity index (χ4n) is 5.28. The molecule has 2 saturated heterocycles. The van der Waals surface area contributed by atoms with Gasteiger partial charge in [-0.3, -0.25) is 9.88 Å². The molecule has 9 heteroatoms. The third kappa shape index (κ3) is 9.40. The van der Waals surface area contributed by atoms with Gasteiger partial charge < -0.3 is 33.5 Å². The summed E-state index contributed by atoms with van der Waals surface area (Å²) in [4.78, 5) is 11.7. The molecule has 0 radical (unpaired) electrons. The van der Waals surface area contributed by atoms with Crippen LogP contribution in [0, 0.1) is 0 Å². The molecule has 2 aromatic carbocycles. The van der Waals surface area contributed by atoms with Crippen molar-refractivity contribution in [2.75, 3.05) is 95.9 Å². The number of ether oxygens (including phenoxy) is 5. The first-order valence-corrected chi connectivity index (χ1v) is 15.0. The molecule has 2 fully saturated rings. The summed E-state index contributed by atoms with van der Waals surface area (Å²) in [6, 6.07) is 21.3. The summed E-state index contributed by atoms with van der Waals surface area (Å²) in [6.07, 6.45) is 1.87. The highest BCUT2D eigenvalue weighted by atomic mass is 16.5. The SMILES string of the molecule is COc1cccc(CN(Cc2cccc(N3CCOCC3)c2)c2ccnc(COCCOCCN3CCOCC3)c2)c1. The first kappa shape index (κ1) is 30.3. The van der Waals surface area contributed by atoms with Crippen LogP contribution in [0.15, 0.2) is 66.9 Å². The molecule has 0 unspecified atom stereocenters. The van der Waals surface area contributed by atoms with E-state index in [9.17, 15) is 0 Å². The van der Waals surface area contributed by atoms with E-state index in [1.165, 1.54) is 16.8 Å². The van der Waals surface area contributed by atoms with Crippen molar-refractivity contribution in [1.29, 1.82) is 0 Å². The number of benzene rings is 2. The molecule has 1 aromatic heterocycles. The molecule has 226 valence electrons. The predicted molar refractivity (Wildman–Crippen MR) is 164 cm³/mol. The highest BCUT2D eigenvalue weighted by Gasteiger charge is 2.15. The van der Waals surface area contributed by atoms with Crippen molar-refractivity contribution < 1.29 is 23.7 Å². The zero-order valence-electron chi connectivity index (χ0n) is 24.8. The number of methoxy groups -OCH3 is 1. The maximum atomic E-state index is 5.92. The molecule has 5 rings (SSSR count). The number of aromatic nitrogens is 1. The molecule has 0 amide bonds. The van der Waals surface area contributed by atoms with Gasteiger partial charge in [0, 0.05) is 63.4 Å². The highest BCUT2D eigenvalue weighted by molar-refractivity contribution is 5.52. The molecular formula is C33H44N4O5. The van der Waals surface area contributed by atoms with Crippen LogP contribution in [0.1, 0.15) is 16.8 Å². The smallest absolute Gasteiger partial charge is 0.119 e. The van der Waals surface area contributed by atoms with Crippen molar-refractivity contribution in [3.05, 3.63) is 83.7 Å². The summed E-state index contributed by atoms with van der Waals surface area (Å²) in [5, 5.41) is 0. The van der Waals surface area contributed by atoms with Gasteiger partial charge in [0.15, 0.2) is 0 Å². The van der Waals surface area contributed by atoms with Gasteiger partial charge in [-0.05, 0) is 47.5 Å². The fourth-order valence-corrected chi connectivity index (χ4v) is 5.28. The van der Waals surface area contributed by atoms with Crippen molar-refractivity contribution in [2.24, 2.45) is 0 Å². The van der Waals surface area contributed by atoms with E-state index in [0.717, 1.165) is 89.4 Å². The molecule has 2 aliphatic heterocycles. The maximum absolute atomic E-state index is 5.92. The lowest BCUT2D eigenvalue weighted by atomic mass is 10.1. The first-order chi connectivity index (χ1) is 20.8. The maximum Gasteiger partial charge on any atom is 0.119 e. The van der Waals surface area contributed by atoms with E-state index >= 15 is 0 Å². The molecule has 0 saturated carbocycles. The van der Waals surface area contributed by atoms with Gasteiger partial charge in [0.05, 0.1) is 65.7 Å². The van der Waals surface area contributed by atoms with Gasteiger partial charge in [-0.2, -0.15) is 0 Å². The molecule has 9 nitrogen and oxygen atoms in total. The lowest BCUT2D eigenvalue weighted by Crippen LogP contribution is -2.38. The molecule has 0 spiro atoms. The molecule has 0 bridgehead atoms. The van der Waals surface area contributed by atoms with E-state index in [4.69, 9.17) is 23.7 Å². The zero-order chi connectivity index (χ0) is 28.8. The topological polar surface area (TPSA) is 68.8 Å². The van der Waals surface area contributed by atoms with Gasteiger partial charge in [0.1, 0.15) is 5.75 Å². The number of pyridine rings is 1. The van der Waals surface area contributed by atoms with Crippen molar-refractivity contribution in [1.82, 2.24) is 9.88 Å². The minimum absolute atomic E-state index is 0.445. The summed E-state index contributed by atoms with van der Waals surface area (Å²) in [7, 11) is 1.71. The standard InChI is InChI=1S/C33H44N4O5/c1-38-33-7-3-5-29(23-33)26-37(25-28-4-2-6-31(22-28)36-13-18-40-19-14-36)32-8-9-34-30(24-32)27-42-21-20-41-17-12-35-10-15-39-16-11-35/h2-9,22-24H,10-21,25-27H2,1H3. The number of nitrogens with zero attached hydrogens (tertiary/aromatic N) is 4. The zero-order valence-corrected chi connectivity index (χ0v) is 24.8. The van der Waals surface area contributed by atoms with Gasteiger partial charge in [0.2, 0.25) is 0 Å². The summed E-state index contributed by atoms with van der Waals surface area (Å²) in [5.41, 5.74) is 5.69. The minimum atomic E-state index is 0.445. The Kier molecular flexibility index (Phi) is 11.8. The lowest BCUT2D eigenvalue weighted by molar-refractivity contribution is 0.00553. The van der Waals surface area contributed by atoms with E-state index < -0.39 is 0 Å². The van der Waals surface area contributed by atoms with Gasteiger partial charge in [-0.25, -0.2) is 0 Å². The average molecular weight is 577 g/mol.